The molecule has 0 radical (unpaired) electrons. The number of hydrazone groups is 1. The molecular weight excluding hydrogens is 327 g/mol. The van der Waals surface area contributed by atoms with Crippen LogP contribution in [0.5, 0.6) is 5.75 Å². The molecule has 0 amide bonds. The Morgan fingerprint density at radius 2 is 2.00 bits per heavy atom. The highest BCUT2D eigenvalue weighted by Gasteiger charge is 2.02. The van der Waals surface area contributed by atoms with Gasteiger partial charge in [0.25, 0.3) is 0 Å². The van der Waals surface area contributed by atoms with Crippen molar-refractivity contribution in [3.63, 3.8) is 0 Å². The molecule has 5 nitrogen and oxygen atoms in total. The van der Waals surface area contributed by atoms with E-state index in [4.69, 9.17) is 10.5 Å². The van der Waals surface area contributed by atoms with Gasteiger partial charge in [-0.1, -0.05) is 24.3 Å². The van der Waals surface area contributed by atoms with Crippen molar-refractivity contribution in [1.29, 1.82) is 0 Å². The van der Waals surface area contributed by atoms with Crippen molar-refractivity contribution in [2.24, 2.45) is 5.10 Å². The fourth-order valence-electron chi connectivity index (χ4n) is 1.95. The first kappa shape index (κ1) is 15.9. The average Bonchev–Trinajstić information content (AvgIpc) is 3.01. The molecule has 2 aromatic carbocycles. The Hall–Kier alpha value is -2.93. The Morgan fingerprint density at radius 1 is 1.21 bits per heavy atom. The number of anilines is 2. The number of halogens is 1. The van der Waals surface area contributed by atoms with Crippen molar-refractivity contribution < 1.29 is 9.13 Å². The molecular formula is C17H15FN4OS. The minimum absolute atomic E-state index is 0.264. The smallest absolute Gasteiger partial charge is 0.205 e. The predicted molar refractivity (Wildman–Crippen MR) is 94.9 cm³/mol. The summed E-state index contributed by atoms with van der Waals surface area (Å²) in [5.74, 6) is 0.881. The summed E-state index contributed by atoms with van der Waals surface area (Å²) in [7, 11) is 0. The minimum atomic E-state index is -0.264. The number of hydrogen-bond acceptors (Lipinski definition) is 6. The van der Waals surface area contributed by atoms with Gasteiger partial charge in [-0.15, -0.1) is 11.3 Å². The molecule has 1 heterocycles. The van der Waals surface area contributed by atoms with Crippen molar-refractivity contribution in [3.8, 4) is 5.75 Å². The highest BCUT2D eigenvalue weighted by atomic mass is 32.1. The molecule has 3 N–H and O–H groups in total. The van der Waals surface area contributed by atoms with Crippen LogP contribution in [0.4, 0.5) is 15.3 Å². The maximum absolute atomic E-state index is 12.9. The number of nitrogens with one attached hydrogen (secondary N) is 1. The summed E-state index contributed by atoms with van der Waals surface area (Å²) < 4.78 is 18.7. The van der Waals surface area contributed by atoms with Crippen molar-refractivity contribution >= 4 is 28.5 Å². The van der Waals surface area contributed by atoms with Crippen LogP contribution in [0, 0.1) is 5.82 Å². The van der Waals surface area contributed by atoms with Crippen LogP contribution >= 0.6 is 11.3 Å². The Balaban J connectivity index is 1.65. The number of aromatic nitrogens is 1. The zero-order chi connectivity index (χ0) is 16.8. The van der Waals surface area contributed by atoms with Gasteiger partial charge in [-0.2, -0.15) is 5.10 Å². The van der Waals surface area contributed by atoms with Crippen LogP contribution in [0.1, 0.15) is 11.1 Å². The average molecular weight is 342 g/mol. The highest BCUT2D eigenvalue weighted by Crippen LogP contribution is 2.19. The van der Waals surface area contributed by atoms with Gasteiger partial charge < -0.3 is 10.5 Å². The lowest BCUT2D eigenvalue weighted by Crippen LogP contribution is -1.99. The number of ether oxygens (including phenoxy) is 1. The van der Waals surface area contributed by atoms with Gasteiger partial charge in [0.15, 0.2) is 0 Å². The van der Waals surface area contributed by atoms with Gasteiger partial charge in [0, 0.05) is 10.9 Å². The molecule has 3 aromatic rings. The molecule has 3 rings (SSSR count). The molecule has 122 valence electrons. The Kier molecular flexibility index (Phi) is 5.02. The second-order valence-corrected chi connectivity index (χ2v) is 5.76. The van der Waals surface area contributed by atoms with E-state index in [2.05, 4.69) is 15.5 Å². The van der Waals surface area contributed by atoms with Crippen LogP contribution in [-0.4, -0.2) is 11.2 Å². The molecule has 0 bridgehead atoms. The first-order valence-electron chi connectivity index (χ1n) is 7.17. The van der Waals surface area contributed by atoms with Gasteiger partial charge in [-0.25, -0.2) is 9.37 Å². The van der Waals surface area contributed by atoms with E-state index >= 15 is 0 Å². The van der Waals surface area contributed by atoms with Gasteiger partial charge in [0.05, 0.1) is 6.21 Å². The predicted octanol–water partition coefficient (Wildman–Crippen LogP) is 3.89. The van der Waals surface area contributed by atoms with E-state index in [9.17, 15) is 4.39 Å². The third kappa shape index (κ3) is 4.30. The van der Waals surface area contributed by atoms with Crippen LogP contribution in [0.2, 0.25) is 0 Å². The van der Waals surface area contributed by atoms with Crippen LogP contribution < -0.4 is 15.9 Å². The number of benzene rings is 2. The van der Waals surface area contributed by atoms with E-state index in [1.165, 1.54) is 23.5 Å². The topological polar surface area (TPSA) is 72.5 Å². The van der Waals surface area contributed by atoms with Crippen LogP contribution in [0.3, 0.4) is 0 Å². The Morgan fingerprint density at radius 3 is 2.75 bits per heavy atom. The van der Waals surface area contributed by atoms with E-state index in [1.54, 1.807) is 23.7 Å². The van der Waals surface area contributed by atoms with Gasteiger partial charge in [-0.3, -0.25) is 5.43 Å². The third-order valence-electron chi connectivity index (χ3n) is 3.11. The molecule has 1 aromatic heterocycles. The number of nitrogens with zero attached hydrogens (tertiary/aromatic N) is 2. The first-order chi connectivity index (χ1) is 11.7. The van der Waals surface area contributed by atoms with Crippen molar-refractivity contribution in [1.82, 2.24) is 4.98 Å². The lowest BCUT2D eigenvalue weighted by atomic mass is 10.2. The van der Waals surface area contributed by atoms with E-state index < -0.39 is 0 Å². The summed E-state index contributed by atoms with van der Waals surface area (Å²) in [6.07, 6.45) is 1.65. The number of thiazole rings is 1. The Bertz CT molecular complexity index is 833. The summed E-state index contributed by atoms with van der Waals surface area (Å²) in [6.45, 7) is 0.349. The van der Waals surface area contributed by atoms with E-state index in [0.29, 0.717) is 23.3 Å². The minimum Gasteiger partial charge on any atom is -0.488 e. The third-order valence-corrected chi connectivity index (χ3v) is 3.88. The quantitative estimate of drug-likeness (QED) is 0.526. The summed E-state index contributed by atoms with van der Waals surface area (Å²) in [5.41, 5.74) is 10.1. The highest BCUT2D eigenvalue weighted by molar-refractivity contribution is 7.14. The van der Waals surface area contributed by atoms with Gasteiger partial charge in [0.1, 0.15) is 24.0 Å². The maximum Gasteiger partial charge on any atom is 0.205 e. The normalized spacial score (nSPS) is 10.9. The zero-order valence-electron chi connectivity index (χ0n) is 12.6. The fourth-order valence-corrected chi connectivity index (χ4v) is 2.50. The zero-order valence-corrected chi connectivity index (χ0v) is 13.5. The number of hydrogen-bond donors (Lipinski definition) is 2. The molecule has 24 heavy (non-hydrogen) atoms. The van der Waals surface area contributed by atoms with E-state index in [-0.39, 0.29) is 5.82 Å². The molecule has 0 fully saturated rings. The molecule has 0 saturated heterocycles. The lowest BCUT2D eigenvalue weighted by Gasteiger charge is -2.09. The summed E-state index contributed by atoms with van der Waals surface area (Å²) >= 11 is 1.37. The van der Waals surface area contributed by atoms with Gasteiger partial charge >= 0.3 is 0 Å². The monoisotopic (exact) mass is 342 g/mol. The molecule has 7 heteroatoms. The molecule has 0 unspecified atom stereocenters. The van der Waals surface area contributed by atoms with Gasteiger partial charge in [-0.05, 0) is 29.8 Å². The second-order valence-electron chi connectivity index (χ2n) is 4.90. The molecule has 0 aliphatic rings. The molecule has 0 saturated carbocycles. The van der Waals surface area contributed by atoms with Crippen molar-refractivity contribution in [2.75, 3.05) is 11.2 Å². The standard InChI is InChI=1S/C17H15FN4OS/c18-14-7-5-12(6-8-14)10-23-15-4-2-1-3-13(15)9-20-22-17-21-16(19)11-24-17/h1-9,11H,10,19H2,(H,21,22). The molecule has 0 atom stereocenters. The van der Waals surface area contributed by atoms with E-state index in [1.807, 2.05) is 24.3 Å². The fraction of sp³-hybridized carbons (Fsp3) is 0.0588. The molecule has 0 aliphatic heterocycles. The first-order valence-corrected chi connectivity index (χ1v) is 8.05. The summed E-state index contributed by atoms with van der Waals surface area (Å²) in [4.78, 5) is 4.06. The number of nitrogen functional groups attached to an aromatic ring is 1. The number of para-hydroxylation sites is 1. The molecule has 0 aliphatic carbocycles. The SMILES string of the molecule is Nc1csc(NN=Cc2ccccc2OCc2ccc(F)cc2)n1. The van der Waals surface area contributed by atoms with Crippen LogP contribution in [0.15, 0.2) is 59.0 Å². The van der Waals surface area contributed by atoms with Crippen LogP contribution in [-0.2, 0) is 6.61 Å². The summed E-state index contributed by atoms with van der Waals surface area (Å²) in [6, 6.07) is 13.7. The number of nitrogens with two attached hydrogens (primary N) is 1. The largest absolute Gasteiger partial charge is 0.488 e. The summed E-state index contributed by atoms with van der Waals surface area (Å²) in [5, 5.41) is 6.49. The van der Waals surface area contributed by atoms with Crippen molar-refractivity contribution in [3.05, 3.63) is 70.9 Å². The lowest BCUT2D eigenvalue weighted by molar-refractivity contribution is 0.305. The molecule has 0 spiro atoms. The van der Waals surface area contributed by atoms with Gasteiger partial charge in [0.2, 0.25) is 5.13 Å². The maximum atomic E-state index is 12.9. The second kappa shape index (κ2) is 7.56. The number of rotatable bonds is 6. The van der Waals surface area contributed by atoms with Crippen LogP contribution in [0.25, 0.3) is 0 Å². The Labute approximate surface area is 142 Å². The van der Waals surface area contributed by atoms with Crippen molar-refractivity contribution in [2.45, 2.75) is 6.61 Å². The van der Waals surface area contributed by atoms with E-state index in [0.717, 1.165) is 11.1 Å².